The number of pyridine rings is 1. The quantitative estimate of drug-likeness (QED) is 0.622. The molecular weight excluding hydrogens is 234 g/mol. The summed E-state index contributed by atoms with van der Waals surface area (Å²) >= 11 is 0. The van der Waals surface area contributed by atoms with Gasteiger partial charge in [-0.05, 0) is 18.9 Å². The third-order valence-corrected chi connectivity index (χ3v) is 2.70. The Kier molecular flexibility index (Phi) is 3.76. The summed E-state index contributed by atoms with van der Waals surface area (Å²) in [4.78, 5) is 36.3. The Morgan fingerprint density at radius 2 is 2.00 bits per heavy atom. The minimum Gasteiger partial charge on any atom is -0.354 e. The molecular formula is C12H15N3O3. The Bertz CT molecular complexity index is 505. The van der Waals surface area contributed by atoms with Crippen LogP contribution in [0.1, 0.15) is 23.2 Å². The highest BCUT2D eigenvalue weighted by Crippen LogP contribution is 2.28. The Labute approximate surface area is 104 Å². The highest BCUT2D eigenvalue weighted by atomic mass is 16.2. The highest BCUT2D eigenvalue weighted by Gasteiger charge is 2.28. The predicted molar refractivity (Wildman–Crippen MR) is 65.1 cm³/mol. The summed E-state index contributed by atoms with van der Waals surface area (Å²) in [6.07, 6.45) is 3.35. The first-order valence-electron chi connectivity index (χ1n) is 5.91. The van der Waals surface area contributed by atoms with Crippen LogP contribution in [0, 0.1) is 5.92 Å². The second-order valence-corrected chi connectivity index (χ2v) is 4.26. The molecule has 1 fully saturated rings. The molecule has 0 spiro atoms. The summed E-state index contributed by atoms with van der Waals surface area (Å²) < 4.78 is 0. The minimum absolute atomic E-state index is 0.0559. The average molecular weight is 249 g/mol. The zero-order valence-corrected chi connectivity index (χ0v) is 9.86. The molecule has 0 aliphatic heterocycles. The number of hydrogen-bond donors (Lipinski definition) is 3. The van der Waals surface area contributed by atoms with E-state index in [0.717, 1.165) is 12.8 Å². The van der Waals surface area contributed by atoms with E-state index in [0.29, 0.717) is 18.7 Å². The molecule has 0 atom stereocenters. The monoisotopic (exact) mass is 249 g/mol. The molecule has 1 heterocycles. The number of rotatable bonds is 5. The fourth-order valence-electron chi connectivity index (χ4n) is 1.54. The number of carbonyl (C=O) groups excluding carboxylic acids is 2. The standard InChI is InChI=1S/C12H15N3O3/c16-10-7-9(3-4-13-10)12(18)15-6-5-14-11(17)8-1-2-8/h3-4,7-8H,1-2,5-6H2,(H,13,16)(H,14,17)(H,15,18). The number of carbonyl (C=O) groups is 2. The van der Waals surface area contributed by atoms with Gasteiger partial charge in [0.05, 0.1) is 0 Å². The van der Waals surface area contributed by atoms with E-state index in [4.69, 9.17) is 0 Å². The largest absolute Gasteiger partial charge is 0.354 e. The summed E-state index contributed by atoms with van der Waals surface area (Å²) in [5, 5.41) is 5.38. The SMILES string of the molecule is O=C(NCCNC(=O)C1CC1)c1cc[nH]c(=O)c1. The van der Waals surface area contributed by atoms with Gasteiger partial charge in [0.2, 0.25) is 11.5 Å². The van der Waals surface area contributed by atoms with E-state index in [2.05, 4.69) is 15.6 Å². The van der Waals surface area contributed by atoms with Gasteiger partial charge in [-0.2, -0.15) is 0 Å². The van der Waals surface area contributed by atoms with E-state index >= 15 is 0 Å². The first-order chi connectivity index (χ1) is 8.66. The second kappa shape index (κ2) is 5.48. The Morgan fingerprint density at radius 1 is 1.28 bits per heavy atom. The molecule has 6 heteroatoms. The van der Waals surface area contributed by atoms with Crippen molar-refractivity contribution in [2.45, 2.75) is 12.8 Å². The van der Waals surface area contributed by atoms with Crippen molar-refractivity contribution >= 4 is 11.8 Å². The van der Waals surface area contributed by atoms with Crippen LogP contribution in [-0.2, 0) is 4.79 Å². The lowest BCUT2D eigenvalue weighted by Crippen LogP contribution is -2.35. The molecule has 6 nitrogen and oxygen atoms in total. The van der Waals surface area contributed by atoms with Crippen LogP contribution < -0.4 is 16.2 Å². The van der Waals surface area contributed by atoms with E-state index in [9.17, 15) is 14.4 Å². The normalized spacial score (nSPS) is 14.0. The van der Waals surface area contributed by atoms with Crippen LogP contribution in [0.3, 0.4) is 0 Å². The molecule has 2 amide bonds. The van der Waals surface area contributed by atoms with Crippen molar-refractivity contribution in [3.63, 3.8) is 0 Å². The molecule has 2 rings (SSSR count). The van der Waals surface area contributed by atoms with Crippen LogP contribution >= 0.6 is 0 Å². The van der Waals surface area contributed by atoms with Gasteiger partial charge in [-0.25, -0.2) is 0 Å². The molecule has 0 unspecified atom stereocenters. The van der Waals surface area contributed by atoms with Gasteiger partial charge in [-0.1, -0.05) is 0 Å². The summed E-state index contributed by atoms with van der Waals surface area (Å²) in [7, 11) is 0. The lowest BCUT2D eigenvalue weighted by molar-refractivity contribution is -0.122. The van der Waals surface area contributed by atoms with E-state index in [1.54, 1.807) is 0 Å². The van der Waals surface area contributed by atoms with Crippen LogP contribution in [-0.4, -0.2) is 29.9 Å². The summed E-state index contributed by atoms with van der Waals surface area (Å²) in [6, 6.07) is 2.76. The Morgan fingerprint density at radius 3 is 2.67 bits per heavy atom. The van der Waals surface area contributed by atoms with Gasteiger partial charge in [0, 0.05) is 36.8 Å². The summed E-state index contributed by atoms with van der Waals surface area (Å²) in [5.41, 5.74) is -0.00282. The van der Waals surface area contributed by atoms with Crippen molar-refractivity contribution in [3.05, 3.63) is 34.2 Å². The van der Waals surface area contributed by atoms with E-state index < -0.39 is 0 Å². The highest BCUT2D eigenvalue weighted by molar-refractivity contribution is 5.93. The molecule has 18 heavy (non-hydrogen) atoms. The first kappa shape index (κ1) is 12.3. The van der Waals surface area contributed by atoms with Crippen LogP contribution in [0.25, 0.3) is 0 Å². The van der Waals surface area contributed by atoms with Gasteiger partial charge in [0.1, 0.15) is 0 Å². The van der Waals surface area contributed by atoms with Gasteiger partial charge in [0.25, 0.3) is 5.91 Å². The van der Waals surface area contributed by atoms with Gasteiger partial charge in [-0.15, -0.1) is 0 Å². The smallest absolute Gasteiger partial charge is 0.251 e. The van der Waals surface area contributed by atoms with Crippen molar-refractivity contribution < 1.29 is 9.59 Å². The second-order valence-electron chi connectivity index (χ2n) is 4.26. The van der Waals surface area contributed by atoms with Gasteiger partial charge >= 0.3 is 0 Å². The number of amides is 2. The maximum atomic E-state index is 11.6. The minimum atomic E-state index is -0.318. The maximum Gasteiger partial charge on any atom is 0.251 e. The number of nitrogens with one attached hydrogen (secondary N) is 3. The molecule has 0 aromatic carbocycles. The van der Waals surface area contributed by atoms with Crippen LogP contribution in [0.5, 0.6) is 0 Å². The number of hydrogen-bond acceptors (Lipinski definition) is 3. The molecule has 0 bridgehead atoms. The molecule has 0 saturated heterocycles. The van der Waals surface area contributed by atoms with E-state index in [-0.39, 0.29) is 23.3 Å². The predicted octanol–water partition coefficient (Wildman–Crippen LogP) is -0.369. The number of aromatic amines is 1. The summed E-state index contributed by atoms with van der Waals surface area (Å²) in [5.74, 6) is -0.0874. The van der Waals surface area contributed by atoms with Gasteiger partial charge in [0.15, 0.2) is 0 Å². The molecule has 1 aliphatic carbocycles. The maximum absolute atomic E-state index is 11.6. The third-order valence-electron chi connectivity index (χ3n) is 2.70. The van der Waals surface area contributed by atoms with E-state index in [1.165, 1.54) is 18.3 Å². The number of H-pyrrole nitrogens is 1. The average Bonchev–Trinajstić information content (AvgIpc) is 3.18. The van der Waals surface area contributed by atoms with Crippen molar-refractivity contribution in [2.24, 2.45) is 5.92 Å². The van der Waals surface area contributed by atoms with Crippen molar-refractivity contribution in [1.29, 1.82) is 0 Å². The zero-order valence-electron chi connectivity index (χ0n) is 9.86. The van der Waals surface area contributed by atoms with E-state index in [1.807, 2.05) is 0 Å². The Hall–Kier alpha value is -2.11. The molecule has 1 aromatic heterocycles. The third kappa shape index (κ3) is 3.44. The topological polar surface area (TPSA) is 91.1 Å². The summed E-state index contributed by atoms with van der Waals surface area (Å²) in [6.45, 7) is 0.758. The first-order valence-corrected chi connectivity index (χ1v) is 5.91. The van der Waals surface area contributed by atoms with Crippen LogP contribution in [0.4, 0.5) is 0 Å². The molecule has 96 valence electrons. The Balaban J connectivity index is 1.71. The van der Waals surface area contributed by atoms with Crippen molar-refractivity contribution in [3.8, 4) is 0 Å². The molecule has 3 N–H and O–H groups in total. The lowest BCUT2D eigenvalue weighted by atomic mass is 10.2. The lowest BCUT2D eigenvalue weighted by Gasteiger charge is -2.06. The van der Waals surface area contributed by atoms with Crippen molar-refractivity contribution in [2.75, 3.05) is 13.1 Å². The van der Waals surface area contributed by atoms with Gasteiger partial charge in [-0.3, -0.25) is 14.4 Å². The zero-order chi connectivity index (χ0) is 13.0. The molecule has 1 aromatic rings. The fraction of sp³-hybridized carbons (Fsp3) is 0.417. The van der Waals surface area contributed by atoms with Crippen LogP contribution in [0.2, 0.25) is 0 Å². The molecule has 0 radical (unpaired) electrons. The molecule has 1 aliphatic rings. The number of aromatic nitrogens is 1. The molecule has 1 saturated carbocycles. The van der Waals surface area contributed by atoms with Gasteiger partial charge < -0.3 is 15.6 Å². The van der Waals surface area contributed by atoms with Crippen LogP contribution in [0.15, 0.2) is 23.1 Å². The van der Waals surface area contributed by atoms with Crippen molar-refractivity contribution in [1.82, 2.24) is 15.6 Å². The fourth-order valence-corrected chi connectivity index (χ4v) is 1.54.